The van der Waals surface area contributed by atoms with Gasteiger partial charge in [-0.15, -0.1) is 11.3 Å². The molecule has 0 aliphatic carbocycles. The number of ether oxygens (including phenoxy) is 4. The van der Waals surface area contributed by atoms with E-state index in [9.17, 15) is 5.26 Å². The summed E-state index contributed by atoms with van der Waals surface area (Å²) in [7, 11) is 6.28. The highest BCUT2D eigenvalue weighted by molar-refractivity contribution is 7.11. The summed E-state index contributed by atoms with van der Waals surface area (Å²) in [5.74, 6) is 2.30. The van der Waals surface area contributed by atoms with Crippen LogP contribution >= 0.6 is 11.3 Å². The first kappa shape index (κ1) is 20.2. The Morgan fingerprint density at radius 2 is 1.72 bits per heavy atom. The van der Waals surface area contributed by atoms with Crippen LogP contribution in [0.25, 0.3) is 22.9 Å². The molecule has 29 heavy (non-hydrogen) atoms. The molecule has 0 amide bonds. The van der Waals surface area contributed by atoms with E-state index < -0.39 is 0 Å². The normalized spacial score (nSPS) is 10.9. The number of methoxy groups -OCH3 is 4. The SMILES string of the molecule is COc1cccc(-c2csc(/C(C#N)=C/c3cc(OC)c(OC)c(OC)c3)n2)c1. The average Bonchev–Trinajstić information content (AvgIpc) is 3.26. The van der Waals surface area contributed by atoms with Crippen molar-refractivity contribution in [3.05, 3.63) is 52.3 Å². The van der Waals surface area contributed by atoms with Crippen LogP contribution < -0.4 is 18.9 Å². The van der Waals surface area contributed by atoms with Crippen molar-refractivity contribution in [1.82, 2.24) is 4.98 Å². The third-order valence-corrected chi connectivity index (χ3v) is 5.09. The fraction of sp³-hybridized carbons (Fsp3) is 0.182. The molecule has 3 aromatic rings. The predicted octanol–water partition coefficient (Wildman–Crippen LogP) is 4.91. The van der Waals surface area contributed by atoms with Crippen molar-refractivity contribution in [2.75, 3.05) is 28.4 Å². The zero-order valence-corrected chi connectivity index (χ0v) is 17.4. The topological polar surface area (TPSA) is 73.6 Å². The maximum Gasteiger partial charge on any atom is 0.203 e. The Morgan fingerprint density at radius 1 is 1.00 bits per heavy atom. The van der Waals surface area contributed by atoms with Gasteiger partial charge in [-0.3, -0.25) is 0 Å². The van der Waals surface area contributed by atoms with Gasteiger partial charge in [0.2, 0.25) is 5.75 Å². The molecule has 0 aliphatic heterocycles. The molecule has 0 saturated heterocycles. The largest absolute Gasteiger partial charge is 0.497 e. The van der Waals surface area contributed by atoms with Crippen molar-refractivity contribution in [3.63, 3.8) is 0 Å². The van der Waals surface area contributed by atoms with E-state index in [-0.39, 0.29) is 0 Å². The number of thiazole rings is 1. The van der Waals surface area contributed by atoms with E-state index in [0.29, 0.717) is 27.8 Å². The molecular weight excluding hydrogens is 388 g/mol. The van der Waals surface area contributed by atoms with E-state index in [4.69, 9.17) is 18.9 Å². The Morgan fingerprint density at radius 3 is 2.31 bits per heavy atom. The second kappa shape index (κ2) is 9.13. The maximum atomic E-state index is 9.70. The standard InChI is InChI=1S/C22H20N2O4S/c1-25-17-7-5-6-15(11-17)18-13-29-22(24-18)16(12-23)8-14-9-19(26-2)21(28-4)20(10-14)27-3/h5-11,13H,1-4H3/b16-8+. The Kier molecular flexibility index (Phi) is 6.37. The van der Waals surface area contributed by atoms with Gasteiger partial charge in [0.25, 0.3) is 0 Å². The number of rotatable bonds is 7. The van der Waals surface area contributed by atoms with Crippen LogP contribution in [0.5, 0.6) is 23.0 Å². The molecule has 6 nitrogen and oxygen atoms in total. The average molecular weight is 408 g/mol. The minimum Gasteiger partial charge on any atom is -0.497 e. The lowest BCUT2D eigenvalue weighted by Gasteiger charge is -2.13. The molecule has 0 radical (unpaired) electrons. The van der Waals surface area contributed by atoms with Crippen molar-refractivity contribution in [1.29, 1.82) is 5.26 Å². The zero-order chi connectivity index (χ0) is 20.8. The van der Waals surface area contributed by atoms with Gasteiger partial charge in [0, 0.05) is 10.9 Å². The molecule has 0 N–H and O–H groups in total. The highest BCUT2D eigenvalue weighted by Gasteiger charge is 2.14. The van der Waals surface area contributed by atoms with Gasteiger partial charge in [0.1, 0.15) is 16.8 Å². The van der Waals surface area contributed by atoms with Crippen LogP contribution in [-0.2, 0) is 0 Å². The quantitative estimate of drug-likeness (QED) is 0.517. The molecule has 0 saturated carbocycles. The summed E-state index contributed by atoms with van der Waals surface area (Å²) in [4.78, 5) is 4.63. The highest BCUT2D eigenvalue weighted by atomic mass is 32.1. The van der Waals surface area contributed by atoms with Gasteiger partial charge in [-0.1, -0.05) is 12.1 Å². The van der Waals surface area contributed by atoms with E-state index in [1.165, 1.54) is 11.3 Å². The number of hydrogen-bond acceptors (Lipinski definition) is 7. The lowest BCUT2D eigenvalue weighted by Crippen LogP contribution is -1.95. The van der Waals surface area contributed by atoms with Gasteiger partial charge in [0.15, 0.2) is 11.5 Å². The molecule has 0 aliphatic rings. The zero-order valence-electron chi connectivity index (χ0n) is 16.6. The molecule has 3 rings (SSSR count). The van der Waals surface area contributed by atoms with Crippen molar-refractivity contribution in [2.24, 2.45) is 0 Å². The number of hydrogen-bond donors (Lipinski definition) is 0. The lowest BCUT2D eigenvalue weighted by atomic mass is 10.1. The molecule has 148 valence electrons. The summed E-state index contributed by atoms with van der Waals surface area (Å²) < 4.78 is 21.4. The van der Waals surface area contributed by atoms with Crippen LogP contribution in [0.2, 0.25) is 0 Å². The Balaban J connectivity index is 1.99. The van der Waals surface area contributed by atoms with Gasteiger partial charge in [0.05, 0.1) is 39.7 Å². The van der Waals surface area contributed by atoms with Crippen molar-refractivity contribution < 1.29 is 18.9 Å². The van der Waals surface area contributed by atoms with Crippen LogP contribution in [0.1, 0.15) is 10.6 Å². The monoisotopic (exact) mass is 408 g/mol. The van der Waals surface area contributed by atoms with Crippen molar-refractivity contribution in [3.8, 4) is 40.3 Å². The Bertz CT molecular complexity index is 1060. The smallest absolute Gasteiger partial charge is 0.203 e. The van der Waals surface area contributed by atoms with Crippen molar-refractivity contribution in [2.45, 2.75) is 0 Å². The molecule has 1 aromatic heterocycles. The third kappa shape index (κ3) is 4.33. The summed E-state index contributed by atoms with van der Waals surface area (Å²) in [5, 5.41) is 12.2. The van der Waals surface area contributed by atoms with Crippen LogP contribution in [0.4, 0.5) is 0 Å². The maximum absolute atomic E-state index is 9.70. The fourth-order valence-electron chi connectivity index (χ4n) is 2.81. The molecule has 2 aromatic carbocycles. The van der Waals surface area contributed by atoms with Gasteiger partial charge < -0.3 is 18.9 Å². The van der Waals surface area contributed by atoms with Gasteiger partial charge in [-0.05, 0) is 35.9 Å². The minimum atomic E-state index is 0.443. The number of allylic oxidation sites excluding steroid dienone is 1. The van der Waals surface area contributed by atoms with Crippen LogP contribution in [0.3, 0.4) is 0 Å². The highest BCUT2D eigenvalue weighted by Crippen LogP contribution is 2.39. The van der Waals surface area contributed by atoms with Crippen LogP contribution in [0, 0.1) is 11.3 Å². The summed E-state index contributed by atoms with van der Waals surface area (Å²) in [6, 6.07) is 13.5. The molecule has 0 bridgehead atoms. The van der Waals surface area contributed by atoms with Crippen LogP contribution in [0.15, 0.2) is 41.8 Å². The summed E-state index contributed by atoms with van der Waals surface area (Å²) >= 11 is 1.41. The third-order valence-electron chi connectivity index (χ3n) is 4.22. The second-order valence-electron chi connectivity index (χ2n) is 5.90. The second-order valence-corrected chi connectivity index (χ2v) is 6.76. The van der Waals surface area contributed by atoms with Gasteiger partial charge >= 0.3 is 0 Å². The summed E-state index contributed by atoms with van der Waals surface area (Å²) in [6.45, 7) is 0. The minimum absolute atomic E-state index is 0.443. The van der Waals surface area contributed by atoms with Gasteiger partial charge in [-0.25, -0.2) is 4.98 Å². The summed E-state index contributed by atoms with van der Waals surface area (Å²) in [5.41, 5.74) is 2.90. The molecular formula is C22H20N2O4S. The molecule has 0 fully saturated rings. The van der Waals surface area contributed by atoms with E-state index in [1.54, 1.807) is 46.6 Å². The van der Waals surface area contributed by atoms with E-state index >= 15 is 0 Å². The first-order valence-electron chi connectivity index (χ1n) is 8.65. The van der Waals surface area contributed by atoms with E-state index in [0.717, 1.165) is 22.6 Å². The van der Waals surface area contributed by atoms with Crippen LogP contribution in [-0.4, -0.2) is 33.4 Å². The number of benzene rings is 2. The number of nitrogens with zero attached hydrogens (tertiary/aromatic N) is 2. The molecule has 1 heterocycles. The van der Waals surface area contributed by atoms with E-state index in [1.807, 2.05) is 29.6 Å². The van der Waals surface area contributed by atoms with Crippen molar-refractivity contribution >= 4 is 23.0 Å². The first-order chi connectivity index (χ1) is 14.1. The molecule has 0 unspecified atom stereocenters. The Hall–Kier alpha value is -3.50. The lowest BCUT2D eigenvalue weighted by molar-refractivity contribution is 0.324. The number of nitriles is 1. The Labute approximate surface area is 173 Å². The summed E-state index contributed by atoms with van der Waals surface area (Å²) in [6.07, 6.45) is 1.75. The molecule has 0 atom stereocenters. The molecule has 7 heteroatoms. The first-order valence-corrected chi connectivity index (χ1v) is 9.53. The van der Waals surface area contributed by atoms with Gasteiger partial charge in [-0.2, -0.15) is 5.26 Å². The fourth-order valence-corrected chi connectivity index (χ4v) is 3.60. The van der Waals surface area contributed by atoms with E-state index in [2.05, 4.69) is 11.1 Å². The number of aromatic nitrogens is 1. The predicted molar refractivity (Wildman–Crippen MR) is 114 cm³/mol. The molecule has 0 spiro atoms.